The number of nitrogens with one attached hydrogen (secondary N) is 1. The van der Waals surface area contributed by atoms with Crippen LogP contribution in [0.5, 0.6) is 0 Å². The van der Waals surface area contributed by atoms with Gasteiger partial charge < -0.3 is 9.88 Å². The fourth-order valence-corrected chi connectivity index (χ4v) is 1.80. The SMILES string of the molecule is Cc1nnc(CNCc2cncs2)n1C. The van der Waals surface area contributed by atoms with E-state index in [9.17, 15) is 0 Å². The third-order valence-electron chi connectivity index (χ3n) is 2.25. The van der Waals surface area contributed by atoms with Crippen LogP contribution in [-0.2, 0) is 20.1 Å². The number of hydrogen-bond donors (Lipinski definition) is 1. The summed E-state index contributed by atoms with van der Waals surface area (Å²) in [5.41, 5.74) is 1.84. The summed E-state index contributed by atoms with van der Waals surface area (Å²) in [5.74, 6) is 1.89. The first-order valence-corrected chi connectivity index (χ1v) is 5.58. The van der Waals surface area contributed by atoms with Gasteiger partial charge in [-0.05, 0) is 6.92 Å². The fraction of sp³-hybridized carbons (Fsp3) is 0.444. The second-order valence-electron chi connectivity index (χ2n) is 3.29. The fourth-order valence-electron chi connectivity index (χ4n) is 1.23. The van der Waals surface area contributed by atoms with Crippen molar-refractivity contribution >= 4 is 11.3 Å². The van der Waals surface area contributed by atoms with Crippen molar-refractivity contribution in [1.29, 1.82) is 0 Å². The quantitative estimate of drug-likeness (QED) is 0.835. The second kappa shape index (κ2) is 4.50. The van der Waals surface area contributed by atoms with E-state index in [0.29, 0.717) is 0 Å². The van der Waals surface area contributed by atoms with E-state index in [4.69, 9.17) is 0 Å². The van der Waals surface area contributed by atoms with Gasteiger partial charge in [-0.15, -0.1) is 21.5 Å². The molecule has 1 N–H and O–H groups in total. The second-order valence-corrected chi connectivity index (χ2v) is 4.26. The molecule has 5 nitrogen and oxygen atoms in total. The molecule has 15 heavy (non-hydrogen) atoms. The van der Waals surface area contributed by atoms with Gasteiger partial charge in [0.1, 0.15) is 11.6 Å². The van der Waals surface area contributed by atoms with Crippen LogP contribution in [0.2, 0.25) is 0 Å². The lowest BCUT2D eigenvalue weighted by atomic mass is 10.5. The number of aryl methyl sites for hydroxylation is 1. The molecule has 0 aromatic carbocycles. The molecule has 2 aromatic heterocycles. The zero-order valence-electron chi connectivity index (χ0n) is 8.77. The lowest BCUT2D eigenvalue weighted by molar-refractivity contribution is 0.638. The van der Waals surface area contributed by atoms with Gasteiger partial charge in [0.05, 0.1) is 12.1 Å². The molecule has 0 amide bonds. The first-order chi connectivity index (χ1) is 7.27. The minimum absolute atomic E-state index is 0.731. The van der Waals surface area contributed by atoms with Gasteiger partial charge in [0.25, 0.3) is 0 Å². The van der Waals surface area contributed by atoms with Gasteiger partial charge in [0, 0.05) is 24.7 Å². The van der Waals surface area contributed by atoms with Crippen molar-refractivity contribution < 1.29 is 0 Å². The van der Waals surface area contributed by atoms with E-state index in [1.165, 1.54) is 4.88 Å². The van der Waals surface area contributed by atoms with E-state index in [0.717, 1.165) is 24.7 Å². The predicted molar refractivity (Wildman–Crippen MR) is 58.4 cm³/mol. The minimum Gasteiger partial charge on any atom is -0.317 e. The molecule has 2 aromatic rings. The zero-order valence-corrected chi connectivity index (χ0v) is 9.58. The number of rotatable bonds is 4. The lowest BCUT2D eigenvalue weighted by Gasteiger charge is -2.02. The molecule has 0 fully saturated rings. The van der Waals surface area contributed by atoms with Gasteiger partial charge in [-0.2, -0.15) is 0 Å². The topological polar surface area (TPSA) is 55.6 Å². The zero-order chi connectivity index (χ0) is 10.7. The maximum Gasteiger partial charge on any atom is 0.146 e. The molecule has 0 atom stereocenters. The van der Waals surface area contributed by atoms with E-state index in [-0.39, 0.29) is 0 Å². The third kappa shape index (κ3) is 2.40. The Bertz CT molecular complexity index is 420. The van der Waals surface area contributed by atoms with Gasteiger partial charge in [-0.3, -0.25) is 4.98 Å². The summed E-state index contributed by atoms with van der Waals surface area (Å²) in [7, 11) is 1.97. The Morgan fingerprint density at radius 3 is 2.87 bits per heavy atom. The highest BCUT2D eigenvalue weighted by atomic mass is 32.1. The van der Waals surface area contributed by atoms with E-state index >= 15 is 0 Å². The highest BCUT2D eigenvalue weighted by molar-refractivity contribution is 7.09. The molecule has 0 unspecified atom stereocenters. The Hall–Kier alpha value is -1.27. The van der Waals surface area contributed by atoms with Gasteiger partial charge in [0.15, 0.2) is 0 Å². The average Bonchev–Trinajstić information content (AvgIpc) is 2.83. The summed E-state index contributed by atoms with van der Waals surface area (Å²) in [6.07, 6.45) is 1.87. The Balaban J connectivity index is 1.86. The van der Waals surface area contributed by atoms with Crippen molar-refractivity contribution in [3.63, 3.8) is 0 Å². The smallest absolute Gasteiger partial charge is 0.146 e. The maximum atomic E-state index is 4.07. The summed E-state index contributed by atoms with van der Waals surface area (Å²) < 4.78 is 1.99. The summed E-state index contributed by atoms with van der Waals surface area (Å²) in [6, 6.07) is 0. The molecule has 0 saturated carbocycles. The average molecular weight is 223 g/mol. The summed E-state index contributed by atoms with van der Waals surface area (Å²) in [4.78, 5) is 5.25. The summed E-state index contributed by atoms with van der Waals surface area (Å²) >= 11 is 1.65. The van der Waals surface area contributed by atoms with Crippen LogP contribution in [0.3, 0.4) is 0 Å². The van der Waals surface area contributed by atoms with Crippen LogP contribution in [0.15, 0.2) is 11.7 Å². The van der Waals surface area contributed by atoms with Crippen molar-refractivity contribution in [3.05, 3.63) is 28.2 Å². The summed E-state index contributed by atoms with van der Waals surface area (Å²) in [5, 5.41) is 11.4. The number of hydrogen-bond acceptors (Lipinski definition) is 5. The molecule has 0 aliphatic carbocycles. The first kappa shape index (κ1) is 10.3. The van der Waals surface area contributed by atoms with Crippen molar-refractivity contribution in [3.8, 4) is 0 Å². The van der Waals surface area contributed by atoms with E-state index in [2.05, 4.69) is 20.5 Å². The van der Waals surface area contributed by atoms with Crippen LogP contribution in [0.25, 0.3) is 0 Å². The van der Waals surface area contributed by atoms with Gasteiger partial charge in [0.2, 0.25) is 0 Å². The molecule has 0 saturated heterocycles. The molecule has 6 heteroatoms. The largest absolute Gasteiger partial charge is 0.317 e. The van der Waals surface area contributed by atoms with Crippen molar-refractivity contribution in [2.24, 2.45) is 7.05 Å². The molecule has 0 spiro atoms. The molecule has 0 bridgehead atoms. The van der Waals surface area contributed by atoms with E-state index in [1.54, 1.807) is 11.3 Å². The van der Waals surface area contributed by atoms with Crippen molar-refractivity contribution in [1.82, 2.24) is 25.1 Å². The Labute approximate surface area is 92.2 Å². The molecule has 0 radical (unpaired) electrons. The molecule has 0 aliphatic rings. The lowest BCUT2D eigenvalue weighted by Crippen LogP contribution is -2.15. The monoisotopic (exact) mass is 223 g/mol. The Kier molecular flexibility index (Phi) is 3.08. The van der Waals surface area contributed by atoms with Crippen LogP contribution in [0.4, 0.5) is 0 Å². The number of aromatic nitrogens is 4. The standard InChI is InChI=1S/C9H13N5S/c1-7-12-13-9(14(7)2)5-10-3-8-4-11-6-15-8/h4,6,10H,3,5H2,1-2H3. The Morgan fingerprint density at radius 1 is 1.40 bits per heavy atom. The van der Waals surface area contributed by atoms with Crippen molar-refractivity contribution in [2.45, 2.75) is 20.0 Å². The molecule has 0 aliphatic heterocycles. The molecular formula is C9H13N5S. The normalized spacial score (nSPS) is 10.8. The predicted octanol–water partition coefficient (Wildman–Crippen LogP) is 0.870. The van der Waals surface area contributed by atoms with Crippen LogP contribution in [0, 0.1) is 6.92 Å². The number of nitrogens with zero attached hydrogens (tertiary/aromatic N) is 4. The van der Waals surface area contributed by atoms with E-state index in [1.807, 2.05) is 30.2 Å². The van der Waals surface area contributed by atoms with E-state index < -0.39 is 0 Å². The van der Waals surface area contributed by atoms with Gasteiger partial charge in [-0.1, -0.05) is 0 Å². The van der Waals surface area contributed by atoms with Gasteiger partial charge in [-0.25, -0.2) is 0 Å². The highest BCUT2D eigenvalue weighted by Gasteiger charge is 2.03. The Morgan fingerprint density at radius 2 is 2.27 bits per heavy atom. The van der Waals surface area contributed by atoms with Crippen LogP contribution in [0.1, 0.15) is 16.5 Å². The summed E-state index contributed by atoms with van der Waals surface area (Å²) in [6.45, 7) is 3.51. The minimum atomic E-state index is 0.731. The molecule has 80 valence electrons. The number of thiazole rings is 1. The van der Waals surface area contributed by atoms with Crippen LogP contribution < -0.4 is 5.32 Å². The maximum absolute atomic E-state index is 4.07. The molecular weight excluding hydrogens is 210 g/mol. The van der Waals surface area contributed by atoms with Gasteiger partial charge >= 0.3 is 0 Å². The first-order valence-electron chi connectivity index (χ1n) is 4.70. The third-order valence-corrected chi connectivity index (χ3v) is 3.03. The van der Waals surface area contributed by atoms with Crippen LogP contribution in [-0.4, -0.2) is 19.7 Å². The van der Waals surface area contributed by atoms with Crippen molar-refractivity contribution in [2.75, 3.05) is 0 Å². The van der Waals surface area contributed by atoms with Crippen LogP contribution >= 0.6 is 11.3 Å². The highest BCUT2D eigenvalue weighted by Crippen LogP contribution is 2.04. The molecule has 2 heterocycles. The molecule has 2 rings (SSSR count).